The molecule has 0 aromatic rings. The highest BCUT2D eigenvalue weighted by molar-refractivity contribution is 6.76. The van der Waals surface area contributed by atoms with Gasteiger partial charge in [-0.15, -0.1) is 6.58 Å². The summed E-state index contributed by atoms with van der Waals surface area (Å²) in [6.45, 7) is 5.72. The zero-order valence-corrected chi connectivity index (χ0v) is 12.6. The normalized spacial score (nSPS) is 27.8. The smallest absolute Gasteiger partial charge is 0.407 e. The summed E-state index contributed by atoms with van der Waals surface area (Å²) in [5, 5.41) is 11.7. The van der Waals surface area contributed by atoms with Gasteiger partial charge in [-0.05, 0) is 19.8 Å². The Hall–Kier alpha value is -0.650. The fraction of sp³-hybridized carbons (Fsp3) is 0.636. The number of nitrogens with zero attached hydrogens (tertiary/aromatic N) is 1. The maximum absolute atomic E-state index is 11.7. The maximum atomic E-state index is 11.7. The van der Waals surface area contributed by atoms with Gasteiger partial charge in [-0.3, -0.25) is 4.79 Å². The molecule has 1 saturated heterocycles. The van der Waals surface area contributed by atoms with Crippen molar-refractivity contribution >= 4 is 46.8 Å². The number of carbonyl (C=O) groups is 2. The molecule has 19 heavy (non-hydrogen) atoms. The molecule has 1 heterocycles. The first-order valence-electron chi connectivity index (χ1n) is 5.64. The number of likely N-dealkylation sites (tertiary alicyclic amines) is 1. The Bertz CT molecular complexity index is 397. The molecule has 0 radical (unpaired) electrons. The number of carbonyl (C=O) groups excluding carboxylic acids is 1. The molecular formula is C11H15Cl3N2O3. The Balaban J connectivity index is 2.82. The van der Waals surface area contributed by atoms with Crippen LogP contribution in [0.5, 0.6) is 0 Å². The molecule has 5 nitrogen and oxygen atoms in total. The Morgan fingerprint density at radius 3 is 2.47 bits per heavy atom. The molecule has 2 amide bonds. The van der Waals surface area contributed by atoms with Crippen LogP contribution in [0, 0.1) is 0 Å². The molecule has 2 N–H and O–H groups in total. The van der Waals surface area contributed by atoms with E-state index >= 15 is 0 Å². The number of alkyl halides is 3. The van der Waals surface area contributed by atoms with Crippen molar-refractivity contribution in [2.45, 2.75) is 35.1 Å². The molecule has 0 aliphatic carbocycles. The zero-order valence-electron chi connectivity index (χ0n) is 10.3. The van der Waals surface area contributed by atoms with Crippen molar-refractivity contribution < 1.29 is 14.7 Å². The van der Waals surface area contributed by atoms with E-state index in [4.69, 9.17) is 39.9 Å². The van der Waals surface area contributed by atoms with Crippen LogP contribution >= 0.6 is 34.8 Å². The van der Waals surface area contributed by atoms with Crippen LogP contribution < -0.4 is 5.32 Å². The van der Waals surface area contributed by atoms with Crippen molar-refractivity contribution in [3.8, 4) is 0 Å². The van der Waals surface area contributed by atoms with E-state index in [1.165, 1.54) is 4.90 Å². The molecule has 1 rings (SSSR count). The lowest BCUT2D eigenvalue weighted by atomic mass is 9.83. The first-order chi connectivity index (χ1) is 8.61. The minimum Gasteiger partial charge on any atom is -0.465 e. The number of carboxylic acid groups (broad SMARTS) is 1. The van der Waals surface area contributed by atoms with E-state index in [0.717, 1.165) is 0 Å². The highest BCUT2D eigenvalue weighted by Gasteiger charge is 2.42. The standard InChI is InChI=1S/C11H15Cl3N2O3/c1-3-10(15-8(17)11(12,13)14)4-5-16(9(18)19)7(2)6-10/h3,7H,1,4-6H2,2H3,(H,15,17)(H,18,19)/t7-,10+/m0/s1. The molecule has 1 fully saturated rings. The van der Waals surface area contributed by atoms with E-state index in [9.17, 15) is 9.59 Å². The Kier molecular flexibility index (Phi) is 4.98. The summed E-state index contributed by atoms with van der Waals surface area (Å²) in [5.41, 5.74) is -0.758. The third-order valence-electron chi connectivity index (χ3n) is 3.25. The number of rotatable bonds is 2. The first kappa shape index (κ1) is 16.4. The van der Waals surface area contributed by atoms with E-state index in [0.29, 0.717) is 12.8 Å². The minimum atomic E-state index is -2.05. The Morgan fingerprint density at radius 2 is 2.11 bits per heavy atom. The summed E-state index contributed by atoms with van der Waals surface area (Å²) in [6, 6.07) is -0.264. The summed E-state index contributed by atoms with van der Waals surface area (Å²) in [6.07, 6.45) is 1.35. The van der Waals surface area contributed by atoms with Crippen molar-refractivity contribution in [3.05, 3.63) is 12.7 Å². The fourth-order valence-corrected chi connectivity index (χ4v) is 2.35. The molecule has 2 atom stereocenters. The monoisotopic (exact) mass is 328 g/mol. The largest absolute Gasteiger partial charge is 0.465 e. The van der Waals surface area contributed by atoms with Crippen molar-refractivity contribution in [1.82, 2.24) is 10.2 Å². The molecule has 0 bridgehead atoms. The Morgan fingerprint density at radius 1 is 1.53 bits per heavy atom. The van der Waals surface area contributed by atoms with Gasteiger partial charge in [0.25, 0.3) is 9.70 Å². The van der Waals surface area contributed by atoms with Gasteiger partial charge in [-0.2, -0.15) is 0 Å². The van der Waals surface area contributed by atoms with E-state index in [2.05, 4.69) is 11.9 Å². The number of hydrogen-bond donors (Lipinski definition) is 2. The molecule has 8 heteroatoms. The zero-order chi connectivity index (χ0) is 14.8. The third kappa shape index (κ3) is 3.91. The summed E-state index contributed by atoms with van der Waals surface area (Å²) < 4.78 is -2.05. The lowest BCUT2D eigenvalue weighted by Crippen LogP contribution is -2.59. The second-order valence-electron chi connectivity index (χ2n) is 4.59. The lowest BCUT2D eigenvalue weighted by Gasteiger charge is -2.43. The Labute approximate surface area is 126 Å². The maximum Gasteiger partial charge on any atom is 0.407 e. The van der Waals surface area contributed by atoms with Gasteiger partial charge >= 0.3 is 6.09 Å². The number of halogens is 3. The molecule has 1 aliphatic rings. The molecule has 1 aliphatic heterocycles. The van der Waals surface area contributed by atoms with Crippen LogP contribution in [-0.2, 0) is 4.79 Å². The SMILES string of the molecule is C=C[C@@]1(NC(=O)C(Cl)(Cl)Cl)CCN(C(=O)O)[C@@H](C)C1. The van der Waals surface area contributed by atoms with Crippen LogP contribution in [0.1, 0.15) is 19.8 Å². The summed E-state index contributed by atoms with van der Waals surface area (Å²) >= 11 is 16.6. The van der Waals surface area contributed by atoms with Gasteiger partial charge in [0.05, 0.1) is 5.54 Å². The molecule has 0 saturated carbocycles. The van der Waals surface area contributed by atoms with Crippen LogP contribution in [0.25, 0.3) is 0 Å². The molecule has 0 aromatic heterocycles. The number of hydrogen-bond acceptors (Lipinski definition) is 2. The average molecular weight is 330 g/mol. The second kappa shape index (κ2) is 5.77. The van der Waals surface area contributed by atoms with Crippen LogP contribution in [0.4, 0.5) is 4.79 Å². The van der Waals surface area contributed by atoms with Gasteiger partial charge in [0.15, 0.2) is 0 Å². The molecule has 0 unspecified atom stereocenters. The summed E-state index contributed by atoms with van der Waals surface area (Å²) in [5.74, 6) is -0.742. The number of nitrogens with one attached hydrogen (secondary N) is 1. The molecule has 0 aromatic carbocycles. The molecule has 108 valence electrons. The van der Waals surface area contributed by atoms with Gasteiger partial charge in [-0.1, -0.05) is 40.9 Å². The average Bonchev–Trinajstić information content (AvgIpc) is 2.27. The predicted octanol–water partition coefficient (Wildman–Crippen LogP) is 2.56. The molecular weight excluding hydrogens is 314 g/mol. The minimum absolute atomic E-state index is 0.264. The van der Waals surface area contributed by atoms with Gasteiger partial charge in [0.1, 0.15) is 0 Å². The van der Waals surface area contributed by atoms with Gasteiger partial charge in [0.2, 0.25) is 0 Å². The van der Waals surface area contributed by atoms with Gasteiger partial charge < -0.3 is 15.3 Å². The second-order valence-corrected chi connectivity index (χ2v) is 6.87. The van der Waals surface area contributed by atoms with E-state index in [1.807, 2.05) is 0 Å². The lowest BCUT2D eigenvalue weighted by molar-refractivity contribution is -0.122. The van der Waals surface area contributed by atoms with Crippen molar-refractivity contribution in [3.63, 3.8) is 0 Å². The van der Waals surface area contributed by atoms with Crippen LogP contribution in [0.2, 0.25) is 0 Å². The van der Waals surface area contributed by atoms with Crippen molar-refractivity contribution in [2.75, 3.05) is 6.54 Å². The molecule has 0 spiro atoms. The predicted molar refractivity (Wildman–Crippen MR) is 74.8 cm³/mol. The summed E-state index contributed by atoms with van der Waals surface area (Å²) in [7, 11) is 0. The van der Waals surface area contributed by atoms with Crippen molar-refractivity contribution in [1.29, 1.82) is 0 Å². The quantitative estimate of drug-likeness (QED) is 0.604. The highest BCUT2D eigenvalue weighted by atomic mass is 35.6. The summed E-state index contributed by atoms with van der Waals surface area (Å²) in [4.78, 5) is 24.0. The van der Waals surface area contributed by atoms with Crippen LogP contribution in [-0.4, -0.2) is 43.9 Å². The number of amides is 2. The highest BCUT2D eigenvalue weighted by Crippen LogP contribution is 2.32. The van der Waals surface area contributed by atoms with Crippen molar-refractivity contribution in [2.24, 2.45) is 0 Å². The van der Waals surface area contributed by atoms with Gasteiger partial charge in [-0.25, -0.2) is 4.79 Å². The number of piperidine rings is 1. The van der Waals surface area contributed by atoms with E-state index in [-0.39, 0.29) is 12.6 Å². The fourth-order valence-electron chi connectivity index (χ4n) is 2.21. The topological polar surface area (TPSA) is 69.6 Å². The van der Waals surface area contributed by atoms with Crippen LogP contribution in [0.15, 0.2) is 12.7 Å². The van der Waals surface area contributed by atoms with E-state index < -0.39 is 21.3 Å². The van der Waals surface area contributed by atoms with E-state index in [1.54, 1.807) is 13.0 Å². The first-order valence-corrected chi connectivity index (χ1v) is 6.77. The van der Waals surface area contributed by atoms with Crippen LogP contribution in [0.3, 0.4) is 0 Å². The third-order valence-corrected chi connectivity index (χ3v) is 3.76. The van der Waals surface area contributed by atoms with Gasteiger partial charge in [0, 0.05) is 12.6 Å².